The molecular weight excluding hydrogens is 200 g/mol. The average molecular weight is 224 g/mol. The summed E-state index contributed by atoms with van der Waals surface area (Å²) in [6.07, 6.45) is 16.2. The molecule has 2 nitrogen and oxygen atoms in total. The Hall–Kier alpha value is -1.05. The fraction of sp³-hybridized carbons (Fsp3) is 0.643. The lowest BCUT2D eigenvalue weighted by Gasteiger charge is -1.97. The lowest BCUT2D eigenvalue weighted by Crippen LogP contribution is -1.89. The number of carbonyl (C=O) groups is 1. The van der Waals surface area contributed by atoms with Gasteiger partial charge in [0.25, 0.3) is 0 Å². The highest BCUT2D eigenvalue weighted by atomic mass is 16.5. The van der Waals surface area contributed by atoms with Crippen molar-refractivity contribution in [2.24, 2.45) is 0 Å². The lowest BCUT2D eigenvalue weighted by molar-refractivity contribution is -0.135. The number of unbranched alkanes of at least 4 members (excludes halogenated alkanes) is 5. The third-order valence-electron chi connectivity index (χ3n) is 2.22. The van der Waals surface area contributed by atoms with Crippen LogP contribution in [0.4, 0.5) is 0 Å². The molecule has 0 aromatic heterocycles. The van der Waals surface area contributed by atoms with E-state index in [9.17, 15) is 4.79 Å². The first kappa shape index (κ1) is 14.9. The maximum absolute atomic E-state index is 10.4. The topological polar surface area (TPSA) is 26.3 Å². The summed E-state index contributed by atoms with van der Waals surface area (Å²) in [4.78, 5) is 10.4. The van der Waals surface area contributed by atoms with Crippen LogP contribution in [0.15, 0.2) is 24.5 Å². The minimum Gasteiger partial charge on any atom is -0.435 e. The van der Waals surface area contributed by atoms with Gasteiger partial charge in [-0.3, -0.25) is 4.79 Å². The summed E-state index contributed by atoms with van der Waals surface area (Å²) >= 11 is 0. The number of allylic oxidation sites excluding steroid dienone is 3. The van der Waals surface area contributed by atoms with Gasteiger partial charge in [0.05, 0.1) is 6.26 Å². The largest absolute Gasteiger partial charge is 0.435 e. The Morgan fingerprint density at radius 2 is 1.62 bits per heavy atom. The number of hydrogen-bond acceptors (Lipinski definition) is 2. The standard InChI is InChI=1S/C14H24O2/c1-3-4-5-6-7-8-9-10-11-12-13-16-14(2)15/h4-5,12-13H,3,6-11H2,1-2H3/b5-4-,13-12?. The molecule has 16 heavy (non-hydrogen) atoms. The van der Waals surface area contributed by atoms with Crippen LogP contribution in [-0.4, -0.2) is 5.97 Å². The predicted octanol–water partition coefficient (Wildman–Crippen LogP) is 4.37. The van der Waals surface area contributed by atoms with Gasteiger partial charge >= 0.3 is 5.97 Å². The van der Waals surface area contributed by atoms with Gasteiger partial charge in [0.2, 0.25) is 0 Å². The zero-order valence-corrected chi connectivity index (χ0v) is 10.6. The molecule has 0 aliphatic rings. The first-order valence-electron chi connectivity index (χ1n) is 6.24. The quantitative estimate of drug-likeness (QED) is 0.251. The smallest absolute Gasteiger partial charge is 0.307 e. The van der Waals surface area contributed by atoms with Crippen molar-refractivity contribution in [3.05, 3.63) is 24.5 Å². The van der Waals surface area contributed by atoms with Crippen LogP contribution >= 0.6 is 0 Å². The van der Waals surface area contributed by atoms with Crippen LogP contribution in [0, 0.1) is 0 Å². The Bertz CT molecular complexity index is 217. The molecule has 0 aliphatic heterocycles. The zero-order valence-electron chi connectivity index (χ0n) is 10.6. The Morgan fingerprint density at radius 1 is 1.00 bits per heavy atom. The molecule has 0 unspecified atom stereocenters. The molecule has 0 rings (SSSR count). The van der Waals surface area contributed by atoms with Crippen molar-refractivity contribution in [3.8, 4) is 0 Å². The Kier molecular flexibility index (Phi) is 11.2. The van der Waals surface area contributed by atoms with Gasteiger partial charge in [-0.1, -0.05) is 31.9 Å². The summed E-state index contributed by atoms with van der Waals surface area (Å²) in [6, 6.07) is 0. The van der Waals surface area contributed by atoms with Crippen molar-refractivity contribution in [2.75, 3.05) is 0 Å². The zero-order chi connectivity index (χ0) is 12.1. The highest BCUT2D eigenvalue weighted by molar-refractivity contribution is 5.66. The highest BCUT2D eigenvalue weighted by Crippen LogP contribution is 2.06. The molecule has 0 saturated heterocycles. The van der Waals surface area contributed by atoms with Crippen LogP contribution in [0.2, 0.25) is 0 Å². The van der Waals surface area contributed by atoms with Gasteiger partial charge in [0.1, 0.15) is 0 Å². The van der Waals surface area contributed by atoms with Gasteiger partial charge in [-0.2, -0.15) is 0 Å². The van der Waals surface area contributed by atoms with Crippen molar-refractivity contribution in [2.45, 2.75) is 58.8 Å². The minimum atomic E-state index is -0.251. The van der Waals surface area contributed by atoms with E-state index in [1.54, 1.807) is 0 Å². The third-order valence-corrected chi connectivity index (χ3v) is 2.22. The molecule has 0 aromatic rings. The van der Waals surface area contributed by atoms with E-state index in [-0.39, 0.29) is 5.97 Å². The Morgan fingerprint density at radius 3 is 2.19 bits per heavy atom. The Balaban J connectivity index is 3.12. The van der Waals surface area contributed by atoms with Gasteiger partial charge in [-0.15, -0.1) is 0 Å². The van der Waals surface area contributed by atoms with E-state index in [0.717, 1.165) is 12.8 Å². The first-order valence-corrected chi connectivity index (χ1v) is 6.24. The molecule has 0 bridgehead atoms. The minimum absolute atomic E-state index is 0.251. The van der Waals surface area contributed by atoms with Crippen LogP contribution < -0.4 is 0 Å². The van der Waals surface area contributed by atoms with E-state index >= 15 is 0 Å². The SMILES string of the molecule is CC/C=C\CCCCCCC=COC(C)=O. The Labute approximate surface area is 99.4 Å². The van der Waals surface area contributed by atoms with E-state index in [0.29, 0.717) is 0 Å². The van der Waals surface area contributed by atoms with E-state index in [1.807, 2.05) is 6.08 Å². The van der Waals surface area contributed by atoms with E-state index in [1.165, 1.54) is 45.3 Å². The van der Waals surface area contributed by atoms with Crippen molar-refractivity contribution in [1.29, 1.82) is 0 Å². The van der Waals surface area contributed by atoms with E-state index in [2.05, 4.69) is 23.8 Å². The summed E-state index contributed by atoms with van der Waals surface area (Å²) in [7, 11) is 0. The monoisotopic (exact) mass is 224 g/mol. The maximum Gasteiger partial charge on any atom is 0.307 e. The maximum atomic E-state index is 10.4. The van der Waals surface area contributed by atoms with Crippen molar-refractivity contribution in [1.82, 2.24) is 0 Å². The molecular formula is C14H24O2. The van der Waals surface area contributed by atoms with Crippen LogP contribution in [0.5, 0.6) is 0 Å². The molecule has 0 radical (unpaired) electrons. The molecule has 92 valence electrons. The molecule has 0 aromatic carbocycles. The molecule has 0 heterocycles. The summed E-state index contributed by atoms with van der Waals surface area (Å²) < 4.78 is 4.69. The molecule has 0 spiro atoms. The molecule has 0 atom stereocenters. The average Bonchev–Trinajstić information content (AvgIpc) is 2.25. The van der Waals surface area contributed by atoms with Gasteiger partial charge in [0.15, 0.2) is 0 Å². The highest BCUT2D eigenvalue weighted by Gasteiger charge is 1.88. The lowest BCUT2D eigenvalue weighted by atomic mass is 10.1. The fourth-order valence-corrected chi connectivity index (χ4v) is 1.37. The van der Waals surface area contributed by atoms with Gasteiger partial charge in [-0.25, -0.2) is 0 Å². The molecule has 0 saturated carbocycles. The van der Waals surface area contributed by atoms with Crippen molar-refractivity contribution in [3.63, 3.8) is 0 Å². The summed E-state index contributed by atoms with van der Waals surface area (Å²) in [6.45, 7) is 3.57. The van der Waals surface area contributed by atoms with Crippen LogP contribution in [-0.2, 0) is 9.53 Å². The third kappa shape index (κ3) is 12.9. The normalized spacial score (nSPS) is 11.4. The van der Waals surface area contributed by atoms with E-state index < -0.39 is 0 Å². The number of rotatable bonds is 9. The van der Waals surface area contributed by atoms with Gasteiger partial charge in [-0.05, 0) is 38.2 Å². The molecule has 2 heteroatoms. The van der Waals surface area contributed by atoms with Crippen LogP contribution in [0.25, 0.3) is 0 Å². The number of carbonyl (C=O) groups excluding carboxylic acids is 1. The van der Waals surface area contributed by atoms with Crippen molar-refractivity contribution < 1.29 is 9.53 Å². The second kappa shape index (κ2) is 12.0. The van der Waals surface area contributed by atoms with Gasteiger partial charge < -0.3 is 4.74 Å². The van der Waals surface area contributed by atoms with Crippen molar-refractivity contribution >= 4 is 5.97 Å². The number of ether oxygens (including phenoxy) is 1. The summed E-state index contributed by atoms with van der Waals surface area (Å²) in [5.74, 6) is -0.251. The summed E-state index contributed by atoms with van der Waals surface area (Å²) in [5.41, 5.74) is 0. The second-order valence-electron chi connectivity index (χ2n) is 3.85. The molecule has 0 N–H and O–H groups in total. The van der Waals surface area contributed by atoms with Crippen LogP contribution in [0.3, 0.4) is 0 Å². The molecule has 0 amide bonds. The molecule has 0 aliphatic carbocycles. The van der Waals surface area contributed by atoms with Gasteiger partial charge in [0, 0.05) is 6.92 Å². The second-order valence-corrected chi connectivity index (χ2v) is 3.85. The fourth-order valence-electron chi connectivity index (χ4n) is 1.37. The molecule has 0 fully saturated rings. The van der Waals surface area contributed by atoms with Crippen LogP contribution in [0.1, 0.15) is 58.8 Å². The first-order chi connectivity index (χ1) is 7.77. The van der Waals surface area contributed by atoms with E-state index in [4.69, 9.17) is 0 Å². The summed E-state index contributed by atoms with van der Waals surface area (Å²) in [5, 5.41) is 0. The predicted molar refractivity (Wildman–Crippen MR) is 68.0 cm³/mol. The number of hydrogen-bond donors (Lipinski definition) is 0. The number of esters is 1.